The number of hydrogen-bond donors (Lipinski definition) is 1. The number of benzene rings is 1. The summed E-state index contributed by atoms with van der Waals surface area (Å²) in [6.45, 7) is 5.21. The van der Waals surface area contributed by atoms with Gasteiger partial charge in [0.05, 0.1) is 0 Å². The van der Waals surface area contributed by atoms with Gasteiger partial charge in [0.2, 0.25) is 0 Å². The van der Waals surface area contributed by atoms with Gasteiger partial charge in [-0.3, -0.25) is 0 Å². The summed E-state index contributed by atoms with van der Waals surface area (Å²) in [6, 6.07) is 5.15. The van der Waals surface area contributed by atoms with Gasteiger partial charge in [-0.25, -0.2) is 0 Å². The van der Waals surface area contributed by atoms with Crippen LogP contribution in [-0.2, 0) is 6.42 Å². The normalized spacial score (nSPS) is 19.8. The van der Waals surface area contributed by atoms with Gasteiger partial charge in [-0.05, 0) is 56.3 Å². The molecule has 1 atom stereocenters. The highest BCUT2D eigenvalue weighted by Gasteiger charge is 2.24. The number of fused-ring (bicyclic) bond motifs is 1. The van der Waals surface area contributed by atoms with Crippen LogP contribution in [0, 0.1) is 13.8 Å². The van der Waals surface area contributed by atoms with Crippen LogP contribution in [-0.4, -0.2) is 19.6 Å². The van der Waals surface area contributed by atoms with Crippen molar-refractivity contribution in [2.45, 2.75) is 39.2 Å². The van der Waals surface area contributed by atoms with Gasteiger partial charge < -0.3 is 10.6 Å². The standard InChI is InChI=1S/C14H22N2/c1-10-4-5-12-6-7-13(8-9-15)16(3)14(12)11(10)2/h4-5,13H,6-9,15H2,1-3H3. The molecule has 0 aliphatic carbocycles. The van der Waals surface area contributed by atoms with Gasteiger partial charge in [-0.2, -0.15) is 0 Å². The maximum Gasteiger partial charge on any atom is 0.0431 e. The van der Waals surface area contributed by atoms with Crippen LogP contribution in [0.2, 0.25) is 0 Å². The number of rotatable bonds is 2. The first-order chi connectivity index (χ1) is 7.65. The molecule has 0 fully saturated rings. The highest BCUT2D eigenvalue weighted by Crippen LogP contribution is 2.34. The summed E-state index contributed by atoms with van der Waals surface area (Å²) in [4.78, 5) is 2.44. The summed E-state index contributed by atoms with van der Waals surface area (Å²) in [6.07, 6.45) is 3.54. The van der Waals surface area contributed by atoms with E-state index < -0.39 is 0 Å². The molecule has 0 amide bonds. The lowest BCUT2D eigenvalue weighted by molar-refractivity contribution is 0.526. The second-order valence-electron chi connectivity index (χ2n) is 4.90. The van der Waals surface area contributed by atoms with E-state index in [1.165, 1.54) is 35.2 Å². The van der Waals surface area contributed by atoms with Crippen molar-refractivity contribution in [3.05, 3.63) is 28.8 Å². The Kier molecular flexibility index (Phi) is 3.20. The van der Waals surface area contributed by atoms with Crippen LogP contribution in [0.1, 0.15) is 29.5 Å². The SMILES string of the molecule is Cc1ccc2c(c1C)N(C)C(CCN)CC2. The van der Waals surface area contributed by atoms with Crippen LogP contribution >= 0.6 is 0 Å². The fraction of sp³-hybridized carbons (Fsp3) is 0.571. The van der Waals surface area contributed by atoms with Gasteiger partial charge in [0, 0.05) is 18.8 Å². The first kappa shape index (κ1) is 11.5. The lowest BCUT2D eigenvalue weighted by Crippen LogP contribution is -2.38. The van der Waals surface area contributed by atoms with Crippen molar-refractivity contribution < 1.29 is 0 Å². The summed E-state index contributed by atoms with van der Waals surface area (Å²) in [5, 5.41) is 0. The van der Waals surface area contributed by atoms with E-state index in [0.717, 1.165) is 13.0 Å². The quantitative estimate of drug-likeness (QED) is 0.826. The maximum atomic E-state index is 5.68. The monoisotopic (exact) mass is 218 g/mol. The second kappa shape index (κ2) is 4.46. The first-order valence-corrected chi connectivity index (χ1v) is 6.17. The molecule has 2 nitrogen and oxygen atoms in total. The third-order valence-corrected chi connectivity index (χ3v) is 3.93. The second-order valence-corrected chi connectivity index (χ2v) is 4.90. The molecule has 2 N–H and O–H groups in total. The van der Waals surface area contributed by atoms with Crippen molar-refractivity contribution in [2.75, 3.05) is 18.5 Å². The van der Waals surface area contributed by atoms with E-state index >= 15 is 0 Å². The number of nitrogens with two attached hydrogens (primary N) is 1. The molecular formula is C14H22N2. The Morgan fingerprint density at radius 3 is 2.81 bits per heavy atom. The Balaban J connectivity index is 2.38. The molecule has 0 spiro atoms. The molecular weight excluding hydrogens is 196 g/mol. The highest BCUT2D eigenvalue weighted by atomic mass is 15.1. The van der Waals surface area contributed by atoms with Crippen LogP contribution in [0.15, 0.2) is 12.1 Å². The topological polar surface area (TPSA) is 29.3 Å². The van der Waals surface area contributed by atoms with E-state index in [9.17, 15) is 0 Å². The van der Waals surface area contributed by atoms with Crippen molar-refractivity contribution >= 4 is 5.69 Å². The molecule has 1 aromatic carbocycles. The zero-order chi connectivity index (χ0) is 11.7. The van der Waals surface area contributed by atoms with Gasteiger partial charge in [-0.1, -0.05) is 12.1 Å². The van der Waals surface area contributed by atoms with E-state index in [1.807, 2.05) is 0 Å². The van der Waals surface area contributed by atoms with Crippen molar-refractivity contribution in [2.24, 2.45) is 5.73 Å². The van der Waals surface area contributed by atoms with Gasteiger partial charge in [0.15, 0.2) is 0 Å². The van der Waals surface area contributed by atoms with Crippen LogP contribution in [0.25, 0.3) is 0 Å². The zero-order valence-electron chi connectivity index (χ0n) is 10.6. The van der Waals surface area contributed by atoms with Gasteiger partial charge in [0.25, 0.3) is 0 Å². The summed E-state index contributed by atoms with van der Waals surface area (Å²) < 4.78 is 0. The Bertz CT molecular complexity index is 385. The minimum Gasteiger partial charge on any atom is -0.371 e. The average molecular weight is 218 g/mol. The molecule has 0 aromatic heterocycles. The number of aryl methyl sites for hydroxylation is 2. The summed E-state index contributed by atoms with van der Waals surface area (Å²) >= 11 is 0. The van der Waals surface area contributed by atoms with Gasteiger partial charge in [0.1, 0.15) is 0 Å². The maximum absolute atomic E-state index is 5.68. The van der Waals surface area contributed by atoms with E-state index in [2.05, 4.69) is 37.9 Å². The minimum absolute atomic E-state index is 0.623. The largest absolute Gasteiger partial charge is 0.371 e. The highest BCUT2D eigenvalue weighted by molar-refractivity contribution is 5.63. The number of nitrogens with zero attached hydrogens (tertiary/aromatic N) is 1. The predicted octanol–water partition coefficient (Wildman–Crippen LogP) is 2.40. The molecule has 2 heteroatoms. The minimum atomic E-state index is 0.623. The summed E-state index contributed by atoms with van der Waals surface area (Å²) in [7, 11) is 2.21. The molecule has 88 valence electrons. The molecule has 1 heterocycles. The Morgan fingerprint density at radius 2 is 2.12 bits per heavy atom. The van der Waals surface area contributed by atoms with Gasteiger partial charge in [-0.15, -0.1) is 0 Å². The number of hydrogen-bond acceptors (Lipinski definition) is 2. The lowest BCUT2D eigenvalue weighted by Gasteiger charge is -2.37. The molecule has 0 saturated heterocycles. The molecule has 1 aromatic rings. The van der Waals surface area contributed by atoms with Crippen molar-refractivity contribution in [1.82, 2.24) is 0 Å². The molecule has 0 saturated carbocycles. The fourth-order valence-electron chi connectivity index (χ4n) is 2.78. The molecule has 0 bridgehead atoms. The summed E-state index contributed by atoms with van der Waals surface area (Å²) in [5.74, 6) is 0. The smallest absolute Gasteiger partial charge is 0.0431 e. The van der Waals surface area contributed by atoms with Crippen LogP contribution in [0.4, 0.5) is 5.69 Å². The van der Waals surface area contributed by atoms with Gasteiger partial charge >= 0.3 is 0 Å². The lowest BCUT2D eigenvalue weighted by atomic mass is 9.90. The molecule has 16 heavy (non-hydrogen) atoms. The van der Waals surface area contributed by atoms with E-state index in [4.69, 9.17) is 5.73 Å². The van der Waals surface area contributed by atoms with E-state index in [1.54, 1.807) is 0 Å². The summed E-state index contributed by atoms with van der Waals surface area (Å²) in [5.41, 5.74) is 11.5. The molecule has 0 radical (unpaired) electrons. The average Bonchev–Trinajstić information content (AvgIpc) is 2.27. The molecule has 1 aliphatic heterocycles. The van der Waals surface area contributed by atoms with Crippen LogP contribution < -0.4 is 10.6 Å². The fourth-order valence-corrected chi connectivity index (χ4v) is 2.78. The molecule has 1 unspecified atom stereocenters. The van der Waals surface area contributed by atoms with Crippen molar-refractivity contribution in [3.63, 3.8) is 0 Å². The Labute approximate surface area is 98.4 Å². The predicted molar refractivity (Wildman–Crippen MR) is 70.1 cm³/mol. The Morgan fingerprint density at radius 1 is 1.38 bits per heavy atom. The molecule has 2 rings (SSSR count). The zero-order valence-corrected chi connectivity index (χ0v) is 10.6. The van der Waals surface area contributed by atoms with E-state index in [0.29, 0.717) is 6.04 Å². The van der Waals surface area contributed by atoms with Crippen molar-refractivity contribution in [1.29, 1.82) is 0 Å². The molecule has 1 aliphatic rings. The Hall–Kier alpha value is -1.02. The third-order valence-electron chi connectivity index (χ3n) is 3.93. The first-order valence-electron chi connectivity index (χ1n) is 6.17. The van der Waals surface area contributed by atoms with Crippen LogP contribution in [0.5, 0.6) is 0 Å². The van der Waals surface area contributed by atoms with E-state index in [-0.39, 0.29) is 0 Å². The number of anilines is 1. The third kappa shape index (κ3) is 1.82. The van der Waals surface area contributed by atoms with Crippen LogP contribution in [0.3, 0.4) is 0 Å². The van der Waals surface area contributed by atoms with Crippen molar-refractivity contribution in [3.8, 4) is 0 Å².